The van der Waals surface area contributed by atoms with Crippen LogP contribution in [0.2, 0.25) is 13.1 Å². The van der Waals surface area contributed by atoms with Crippen LogP contribution in [0.1, 0.15) is 26.3 Å². The SMILES string of the molecule is CN1[CH-]N(c2[c-]c([Si](C)(C)c3[c-]c4c(cc3)c3ccccc3n4-c3[c-]cccc3)cc(C(C)(C)C)c2)c2ccccc21.[Pt+4]. The number of fused-ring (bicyclic) bond motifs is 4. The van der Waals surface area contributed by atoms with E-state index in [0.29, 0.717) is 0 Å². The molecule has 5 heteroatoms. The van der Waals surface area contributed by atoms with E-state index in [9.17, 15) is 0 Å². The zero-order chi connectivity index (χ0) is 29.2. The number of hydrogen-bond donors (Lipinski definition) is 0. The molecule has 0 saturated heterocycles. The minimum Gasteiger partial charge on any atom is -0.504 e. The summed E-state index contributed by atoms with van der Waals surface area (Å²) in [5.41, 5.74) is 8.11. The van der Waals surface area contributed by atoms with E-state index < -0.39 is 8.07 Å². The third-order valence-electron chi connectivity index (χ3n) is 8.65. The molecule has 2 heterocycles. The van der Waals surface area contributed by atoms with Gasteiger partial charge in [0.05, 0.1) is 8.07 Å². The molecule has 0 fully saturated rings. The monoisotopic (exact) mass is 756 g/mol. The van der Waals surface area contributed by atoms with Gasteiger partial charge in [0.2, 0.25) is 0 Å². The topological polar surface area (TPSA) is 11.4 Å². The van der Waals surface area contributed by atoms with Crippen LogP contribution < -0.4 is 20.2 Å². The van der Waals surface area contributed by atoms with Crippen molar-refractivity contribution in [2.45, 2.75) is 39.3 Å². The number of benzene rings is 5. The molecular formula is C38H35N3PtSi. The summed E-state index contributed by atoms with van der Waals surface area (Å²) in [6, 6.07) is 46.1. The molecule has 0 saturated carbocycles. The summed E-state index contributed by atoms with van der Waals surface area (Å²) in [4.78, 5) is 4.48. The Morgan fingerprint density at radius 3 is 2.19 bits per heavy atom. The molecule has 0 bridgehead atoms. The fourth-order valence-corrected chi connectivity index (χ4v) is 8.26. The van der Waals surface area contributed by atoms with Gasteiger partial charge in [-0.25, -0.2) is 0 Å². The number of para-hydroxylation sites is 4. The predicted molar refractivity (Wildman–Crippen MR) is 180 cm³/mol. The summed E-state index contributed by atoms with van der Waals surface area (Å²) < 4.78 is 2.31. The molecule has 0 atom stereocenters. The van der Waals surface area contributed by atoms with Crippen LogP contribution in [-0.2, 0) is 26.5 Å². The van der Waals surface area contributed by atoms with E-state index in [4.69, 9.17) is 0 Å². The third-order valence-corrected chi connectivity index (χ3v) is 11.9. The third kappa shape index (κ3) is 4.95. The van der Waals surface area contributed by atoms with E-state index >= 15 is 0 Å². The minimum atomic E-state index is -2.24. The number of nitrogens with zero attached hydrogens (tertiary/aromatic N) is 3. The van der Waals surface area contributed by atoms with Gasteiger partial charge in [-0.15, -0.1) is 23.2 Å². The Balaban J connectivity index is 0.00000329. The van der Waals surface area contributed by atoms with Crippen molar-refractivity contribution < 1.29 is 21.1 Å². The van der Waals surface area contributed by atoms with Gasteiger partial charge >= 0.3 is 21.1 Å². The average Bonchev–Trinajstić information content (AvgIpc) is 3.51. The van der Waals surface area contributed by atoms with Crippen molar-refractivity contribution in [3.05, 3.63) is 127 Å². The number of anilines is 3. The van der Waals surface area contributed by atoms with Crippen LogP contribution in [0, 0.1) is 24.9 Å². The van der Waals surface area contributed by atoms with E-state index in [1.54, 1.807) is 0 Å². The summed E-state index contributed by atoms with van der Waals surface area (Å²) in [5.74, 6) is 0. The van der Waals surface area contributed by atoms with Gasteiger partial charge in [-0.2, -0.15) is 77.2 Å². The normalized spacial score (nSPS) is 13.4. The van der Waals surface area contributed by atoms with Gasteiger partial charge in [0.15, 0.2) is 0 Å². The van der Waals surface area contributed by atoms with E-state index in [2.05, 4.69) is 165 Å². The molecule has 6 aromatic rings. The van der Waals surface area contributed by atoms with E-state index in [0.717, 1.165) is 16.9 Å². The number of hydrogen-bond acceptors (Lipinski definition) is 2. The Kier molecular flexibility index (Phi) is 7.43. The molecule has 0 aliphatic carbocycles. The van der Waals surface area contributed by atoms with Crippen molar-refractivity contribution in [1.29, 1.82) is 0 Å². The minimum absolute atomic E-state index is 0. The molecule has 0 N–H and O–H groups in total. The first-order chi connectivity index (χ1) is 20.1. The van der Waals surface area contributed by atoms with Crippen molar-refractivity contribution in [2.24, 2.45) is 0 Å². The molecular weight excluding hydrogens is 722 g/mol. The first-order valence-electron chi connectivity index (χ1n) is 14.6. The van der Waals surface area contributed by atoms with Crippen LogP contribution in [0.25, 0.3) is 27.5 Å². The average molecular weight is 757 g/mol. The molecule has 216 valence electrons. The summed E-state index contributed by atoms with van der Waals surface area (Å²) >= 11 is 0. The van der Waals surface area contributed by atoms with Gasteiger partial charge in [-0.1, -0.05) is 75.4 Å². The Labute approximate surface area is 271 Å². The molecule has 7 rings (SSSR count). The summed E-state index contributed by atoms with van der Waals surface area (Å²) in [5, 5.41) is 5.01. The first-order valence-corrected chi connectivity index (χ1v) is 17.6. The van der Waals surface area contributed by atoms with Crippen molar-refractivity contribution >= 4 is 57.3 Å². The number of aromatic nitrogens is 1. The molecule has 0 radical (unpaired) electrons. The zero-order valence-electron chi connectivity index (χ0n) is 25.5. The molecule has 0 unspecified atom stereocenters. The standard InChI is InChI=1S/C38H35N3Si.Pt/c1-38(2,3)27-22-29(40-26-39(4)35-18-12-13-19-36(35)40)24-31(23-27)42(5,6)30-20-21-33-32-16-10-11-17-34(32)41(37(33)25-30)28-14-8-7-9-15-28;/h7-14,16-23,26H,1-6H3;/q-4;+4. The van der Waals surface area contributed by atoms with Crippen molar-refractivity contribution in [1.82, 2.24) is 4.57 Å². The fraction of sp³-hybridized carbons (Fsp3) is 0.184. The van der Waals surface area contributed by atoms with Gasteiger partial charge in [-0.05, 0) is 36.0 Å². The first kappa shape index (κ1) is 29.5. The van der Waals surface area contributed by atoms with Crippen LogP contribution in [0.15, 0.2) is 97.1 Å². The smallest absolute Gasteiger partial charge is 0.504 e. The van der Waals surface area contributed by atoms with Crippen LogP contribution >= 0.6 is 0 Å². The summed E-state index contributed by atoms with van der Waals surface area (Å²) in [6.45, 7) is 13.9. The van der Waals surface area contributed by atoms with Crippen molar-refractivity contribution in [2.75, 3.05) is 16.8 Å². The van der Waals surface area contributed by atoms with Gasteiger partial charge in [-0.3, -0.25) is 0 Å². The van der Waals surface area contributed by atoms with Crippen LogP contribution in [-0.4, -0.2) is 19.7 Å². The van der Waals surface area contributed by atoms with Crippen LogP contribution in [0.5, 0.6) is 0 Å². The Morgan fingerprint density at radius 2 is 1.44 bits per heavy atom. The Hall–Kier alpha value is -3.59. The molecule has 1 aliphatic rings. The van der Waals surface area contributed by atoms with Gasteiger partial charge < -0.3 is 14.4 Å². The maximum atomic E-state index is 3.95. The molecule has 5 aromatic carbocycles. The van der Waals surface area contributed by atoms with Gasteiger partial charge in [0.1, 0.15) is 0 Å². The van der Waals surface area contributed by atoms with Crippen LogP contribution in [0.3, 0.4) is 0 Å². The van der Waals surface area contributed by atoms with Crippen LogP contribution in [0.4, 0.5) is 17.1 Å². The molecule has 1 aliphatic heterocycles. The quantitative estimate of drug-likeness (QED) is 0.134. The Bertz CT molecular complexity index is 1950. The van der Waals surface area contributed by atoms with Gasteiger partial charge in [0, 0.05) is 16.9 Å². The fourth-order valence-electron chi connectivity index (χ4n) is 6.09. The Morgan fingerprint density at radius 1 is 0.721 bits per heavy atom. The predicted octanol–water partition coefficient (Wildman–Crippen LogP) is 8.01. The van der Waals surface area contributed by atoms with E-state index in [1.165, 1.54) is 43.6 Å². The second-order valence-corrected chi connectivity index (χ2v) is 17.2. The van der Waals surface area contributed by atoms with Crippen molar-refractivity contribution in [3.63, 3.8) is 0 Å². The molecule has 0 amide bonds. The van der Waals surface area contributed by atoms with Crippen molar-refractivity contribution in [3.8, 4) is 5.69 Å². The maximum absolute atomic E-state index is 3.95. The second-order valence-electron chi connectivity index (χ2n) is 12.9. The maximum Gasteiger partial charge on any atom is 4.00 e. The summed E-state index contributed by atoms with van der Waals surface area (Å²) in [7, 11) is -0.125. The van der Waals surface area contributed by atoms with E-state index in [-0.39, 0.29) is 26.5 Å². The molecule has 43 heavy (non-hydrogen) atoms. The van der Waals surface area contributed by atoms with E-state index in [1.807, 2.05) is 12.1 Å². The zero-order valence-corrected chi connectivity index (χ0v) is 28.7. The van der Waals surface area contributed by atoms with Gasteiger partial charge in [0.25, 0.3) is 0 Å². The molecule has 3 nitrogen and oxygen atoms in total. The second kappa shape index (κ2) is 10.8. The molecule has 0 spiro atoms. The number of rotatable bonds is 4. The molecule has 1 aromatic heterocycles. The largest absolute Gasteiger partial charge is 4.00 e. The summed E-state index contributed by atoms with van der Waals surface area (Å²) in [6.07, 6.45) is 0.